The lowest BCUT2D eigenvalue weighted by Crippen LogP contribution is -2.55. The number of nitrogens with one attached hydrogen (secondary N) is 1. The van der Waals surface area contributed by atoms with Crippen molar-refractivity contribution in [3.05, 3.63) is 30.0 Å². The Morgan fingerprint density at radius 2 is 2.07 bits per heavy atom. The lowest BCUT2D eigenvalue weighted by atomic mass is 10.0. The van der Waals surface area contributed by atoms with Crippen molar-refractivity contribution in [2.75, 3.05) is 29.3 Å². The summed E-state index contributed by atoms with van der Waals surface area (Å²) in [6.45, 7) is 2.04. The number of rotatable bonds is 6. The molecule has 30 heavy (non-hydrogen) atoms. The van der Waals surface area contributed by atoms with Crippen LogP contribution in [0.2, 0.25) is 0 Å². The molecule has 1 aliphatic heterocycles. The standard InChI is InChI=1S/C22H27N5O3/c1-4-17-21(29)26(2)18-12-23-22(25-20(18)27(17)15-7-5-6-8-15)24-16-10-9-14(13-28)11-19(16)30-3/h9-13,15,17H,4-8H2,1-3H3,(H,23,24,25). The van der Waals surface area contributed by atoms with Crippen LogP contribution in [0.15, 0.2) is 24.4 Å². The highest BCUT2D eigenvalue weighted by Crippen LogP contribution is 2.40. The van der Waals surface area contributed by atoms with Crippen LogP contribution in [0.4, 0.5) is 23.1 Å². The smallest absolute Gasteiger partial charge is 0.249 e. The maximum atomic E-state index is 13.0. The van der Waals surface area contributed by atoms with E-state index in [1.807, 2.05) is 6.92 Å². The van der Waals surface area contributed by atoms with Crippen LogP contribution >= 0.6 is 0 Å². The van der Waals surface area contributed by atoms with Gasteiger partial charge in [0.25, 0.3) is 0 Å². The van der Waals surface area contributed by atoms with Crippen molar-refractivity contribution in [1.82, 2.24) is 9.97 Å². The molecule has 8 heteroatoms. The summed E-state index contributed by atoms with van der Waals surface area (Å²) in [7, 11) is 3.34. The molecule has 0 radical (unpaired) electrons. The van der Waals surface area contributed by atoms with Crippen LogP contribution in [-0.2, 0) is 4.79 Å². The van der Waals surface area contributed by atoms with E-state index in [1.165, 1.54) is 12.8 Å². The number of aromatic nitrogens is 2. The molecule has 1 amide bonds. The summed E-state index contributed by atoms with van der Waals surface area (Å²) in [6, 6.07) is 5.24. The molecular weight excluding hydrogens is 382 g/mol. The molecular formula is C22H27N5O3. The zero-order valence-electron chi connectivity index (χ0n) is 17.6. The molecule has 1 aromatic carbocycles. The molecule has 1 aliphatic carbocycles. The second-order valence-electron chi connectivity index (χ2n) is 7.77. The summed E-state index contributed by atoms with van der Waals surface area (Å²) in [4.78, 5) is 37.2. The summed E-state index contributed by atoms with van der Waals surface area (Å²) in [5.41, 5.74) is 1.93. The number of fused-ring (bicyclic) bond motifs is 1. The zero-order chi connectivity index (χ0) is 21.3. The molecule has 1 unspecified atom stereocenters. The van der Waals surface area contributed by atoms with Gasteiger partial charge in [-0.25, -0.2) is 4.98 Å². The molecule has 1 N–H and O–H groups in total. The predicted octanol–water partition coefficient (Wildman–Crippen LogP) is 3.55. The quantitative estimate of drug-likeness (QED) is 0.730. The van der Waals surface area contributed by atoms with Crippen LogP contribution in [0.25, 0.3) is 0 Å². The second-order valence-corrected chi connectivity index (χ2v) is 7.77. The van der Waals surface area contributed by atoms with Crippen molar-refractivity contribution >= 4 is 35.3 Å². The summed E-state index contributed by atoms with van der Waals surface area (Å²) in [5.74, 6) is 1.84. The predicted molar refractivity (Wildman–Crippen MR) is 116 cm³/mol. The molecule has 0 saturated heterocycles. The molecule has 1 aromatic heterocycles. The number of ether oxygens (including phenoxy) is 1. The van der Waals surface area contributed by atoms with Crippen molar-refractivity contribution in [2.24, 2.45) is 0 Å². The number of hydrogen-bond acceptors (Lipinski definition) is 7. The summed E-state index contributed by atoms with van der Waals surface area (Å²) in [5, 5.41) is 3.20. The van der Waals surface area contributed by atoms with Crippen LogP contribution in [0.5, 0.6) is 5.75 Å². The first-order valence-electron chi connectivity index (χ1n) is 10.4. The first kappa shape index (κ1) is 20.1. The minimum Gasteiger partial charge on any atom is -0.495 e. The molecule has 1 fully saturated rings. The van der Waals surface area contributed by atoms with Gasteiger partial charge in [-0.05, 0) is 37.5 Å². The van der Waals surface area contributed by atoms with Gasteiger partial charge in [-0.1, -0.05) is 19.8 Å². The summed E-state index contributed by atoms with van der Waals surface area (Å²) >= 11 is 0. The lowest BCUT2D eigenvalue weighted by Gasteiger charge is -2.43. The second kappa shape index (κ2) is 8.30. The topological polar surface area (TPSA) is 87.7 Å². The fraction of sp³-hybridized carbons (Fsp3) is 0.455. The number of nitrogens with zero attached hydrogens (tertiary/aromatic N) is 4. The van der Waals surface area contributed by atoms with E-state index in [-0.39, 0.29) is 11.9 Å². The van der Waals surface area contributed by atoms with E-state index < -0.39 is 0 Å². The molecule has 0 bridgehead atoms. The number of hydrogen-bond donors (Lipinski definition) is 1. The number of benzene rings is 1. The summed E-state index contributed by atoms with van der Waals surface area (Å²) < 4.78 is 5.40. The highest BCUT2D eigenvalue weighted by Gasteiger charge is 2.41. The molecule has 8 nitrogen and oxygen atoms in total. The number of carbonyl (C=O) groups excluding carboxylic acids is 2. The Bertz CT molecular complexity index is 958. The number of methoxy groups -OCH3 is 1. The van der Waals surface area contributed by atoms with Crippen LogP contribution in [0, 0.1) is 0 Å². The van der Waals surface area contributed by atoms with Crippen molar-refractivity contribution in [3.63, 3.8) is 0 Å². The largest absolute Gasteiger partial charge is 0.495 e. The molecule has 2 aromatic rings. The van der Waals surface area contributed by atoms with E-state index in [4.69, 9.17) is 9.72 Å². The van der Waals surface area contributed by atoms with Crippen molar-refractivity contribution in [3.8, 4) is 5.75 Å². The monoisotopic (exact) mass is 409 g/mol. The molecule has 1 saturated carbocycles. The average molecular weight is 409 g/mol. The van der Waals surface area contributed by atoms with Gasteiger partial charge in [0.2, 0.25) is 11.9 Å². The number of anilines is 4. The number of likely N-dealkylation sites (N-methyl/N-ethyl adjacent to an activating group) is 1. The van der Waals surface area contributed by atoms with Crippen LogP contribution < -0.4 is 19.9 Å². The van der Waals surface area contributed by atoms with Gasteiger partial charge < -0.3 is 19.9 Å². The SMILES string of the molecule is CCC1C(=O)N(C)c2cnc(Nc3ccc(C=O)cc3OC)nc2N1C1CCCC1. The van der Waals surface area contributed by atoms with Gasteiger partial charge in [0, 0.05) is 18.7 Å². The third-order valence-corrected chi connectivity index (χ3v) is 6.02. The van der Waals surface area contributed by atoms with Crippen molar-refractivity contribution in [2.45, 2.75) is 51.1 Å². The Hall–Kier alpha value is -3.16. The van der Waals surface area contributed by atoms with Crippen LogP contribution in [-0.4, -0.2) is 48.4 Å². The third-order valence-electron chi connectivity index (χ3n) is 6.02. The Morgan fingerprint density at radius 3 is 2.73 bits per heavy atom. The molecule has 4 rings (SSSR count). The maximum Gasteiger partial charge on any atom is 0.249 e. The number of aldehydes is 1. The molecule has 2 heterocycles. The molecule has 0 spiro atoms. The molecule has 158 valence electrons. The van der Waals surface area contributed by atoms with Gasteiger partial charge >= 0.3 is 0 Å². The van der Waals surface area contributed by atoms with E-state index in [0.717, 1.165) is 37.1 Å². The fourth-order valence-corrected chi connectivity index (χ4v) is 4.45. The molecule has 2 aliphatic rings. The van der Waals surface area contributed by atoms with Gasteiger partial charge in [-0.3, -0.25) is 9.59 Å². The Kier molecular flexibility index (Phi) is 5.57. The minimum atomic E-state index is -0.213. The third kappa shape index (κ3) is 3.46. The van der Waals surface area contributed by atoms with Gasteiger partial charge in [0.05, 0.1) is 19.0 Å². The summed E-state index contributed by atoms with van der Waals surface area (Å²) in [6.07, 6.45) is 7.69. The number of amides is 1. The fourth-order valence-electron chi connectivity index (χ4n) is 4.45. The highest BCUT2D eigenvalue weighted by molar-refractivity contribution is 6.04. The normalized spacial score (nSPS) is 19.0. The van der Waals surface area contributed by atoms with Gasteiger partial charge in [-0.15, -0.1) is 0 Å². The number of carbonyl (C=O) groups is 2. The minimum absolute atomic E-state index is 0.0901. The highest BCUT2D eigenvalue weighted by atomic mass is 16.5. The van der Waals surface area contributed by atoms with Crippen molar-refractivity contribution < 1.29 is 14.3 Å². The van der Waals surface area contributed by atoms with Gasteiger partial charge in [-0.2, -0.15) is 4.98 Å². The van der Waals surface area contributed by atoms with E-state index in [0.29, 0.717) is 29.0 Å². The van der Waals surface area contributed by atoms with Crippen LogP contribution in [0.3, 0.4) is 0 Å². The Morgan fingerprint density at radius 1 is 1.30 bits per heavy atom. The van der Waals surface area contributed by atoms with Crippen LogP contribution in [0.1, 0.15) is 49.4 Å². The van der Waals surface area contributed by atoms with E-state index >= 15 is 0 Å². The van der Waals surface area contributed by atoms with Crippen molar-refractivity contribution in [1.29, 1.82) is 0 Å². The Labute approximate surface area is 176 Å². The van der Waals surface area contributed by atoms with E-state index in [9.17, 15) is 9.59 Å². The molecule has 1 atom stereocenters. The zero-order valence-corrected chi connectivity index (χ0v) is 17.6. The first-order chi connectivity index (χ1) is 14.6. The Balaban J connectivity index is 1.73. The lowest BCUT2D eigenvalue weighted by molar-refractivity contribution is -0.120. The first-order valence-corrected chi connectivity index (χ1v) is 10.4. The van der Waals surface area contributed by atoms with E-state index in [2.05, 4.69) is 15.2 Å². The average Bonchev–Trinajstić information content (AvgIpc) is 3.30. The van der Waals surface area contributed by atoms with Gasteiger partial charge in [0.1, 0.15) is 23.8 Å². The van der Waals surface area contributed by atoms with Gasteiger partial charge in [0.15, 0.2) is 5.82 Å². The van der Waals surface area contributed by atoms with E-state index in [1.54, 1.807) is 43.5 Å². The maximum absolute atomic E-state index is 13.0.